The van der Waals surface area contributed by atoms with Gasteiger partial charge in [-0.1, -0.05) is 109 Å². The Bertz CT molecular complexity index is 2470. The molecular weight excluding hydrogens is 514 g/mol. The maximum absolute atomic E-state index is 6.40. The van der Waals surface area contributed by atoms with Gasteiger partial charge in [-0.2, -0.15) is 4.98 Å². The first-order valence-corrected chi connectivity index (χ1v) is 14.1. The molecule has 42 heavy (non-hydrogen) atoms. The fourth-order valence-corrected chi connectivity index (χ4v) is 6.27. The zero-order valence-electron chi connectivity index (χ0n) is 22.5. The third-order valence-electron chi connectivity index (χ3n) is 8.21. The first-order valence-electron chi connectivity index (χ1n) is 14.1. The highest BCUT2D eigenvalue weighted by atomic mass is 16.3. The molecule has 0 saturated carbocycles. The summed E-state index contributed by atoms with van der Waals surface area (Å²) in [7, 11) is 0. The van der Waals surface area contributed by atoms with E-state index in [9.17, 15) is 0 Å². The van der Waals surface area contributed by atoms with Crippen LogP contribution in [0.15, 0.2) is 144 Å². The van der Waals surface area contributed by atoms with Gasteiger partial charge in [0.1, 0.15) is 5.58 Å². The molecule has 0 aliphatic carbocycles. The first kappa shape index (κ1) is 23.0. The van der Waals surface area contributed by atoms with Crippen LogP contribution in [0.1, 0.15) is 0 Å². The van der Waals surface area contributed by atoms with Gasteiger partial charge in [0.05, 0.1) is 22.1 Å². The molecule has 0 unspecified atom stereocenters. The van der Waals surface area contributed by atoms with Crippen LogP contribution in [0.3, 0.4) is 0 Å². The van der Waals surface area contributed by atoms with Crippen molar-refractivity contribution < 1.29 is 4.42 Å². The predicted octanol–water partition coefficient (Wildman–Crippen LogP) is 9.96. The quantitative estimate of drug-likeness (QED) is 0.225. The lowest BCUT2D eigenvalue weighted by Crippen LogP contribution is -2.03. The van der Waals surface area contributed by atoms with Gasteiger partial charge in [0.15, 0.2) is 0 Å². The van der Waals surface area contributed by atoms with Crippen LogP contribution in [-0.2, 0) is 0 Å². The molecule has 6 aromatic carbocycles. The summed E-state index contributed by atoms with van der Waals surface area (Å²) >= 11 is 0. The first-order chi connectivity index (χ1) is 20.8. The third-order valence-corrected chi connectivity index (χ3v) is 8.21. The Kier molecular flexibility index (Phi) is 4.87. The molecule has 9 aromatic rings. The Morgan fingerprint density at radius 1 is 0.476 bits per heavy atom. The summed E-state index contributed by atoms with van der Waals surface area (Å²) in [5, 5.41) is 6.65. The SMILES string of the molecule is c1ccc(-c2cccc(-c3nc(-n4c5ccccc5c5cc6ccccc6cc54)nc4oc5ccccc5c34)c2)cc1. The fourth-order valence-electron chi connectivity index (χ4n) is 6.27. The van der Waals surface area contributed by atoms with E-state index in [2.05, 4.69) is 120 Å². The van der Waals surface area contributed by atoms with E-state index in [1.807, 2.05) is 24.3 Å². The Morgan fingerprint density at radius 3 is 2.05 bits per heavy atom. The molecule has 3 aromatic heterocycles. The van der Waals surface area contributed by atoms with Crippen LogP contribution in [-0.4, -0.2) is 14.5 Å². The summed E-state index contributed by atoms with van der Waals surface area (Å²) in [4.78, 5) is 10.4. The van der Waals surface area contributed by atoms with Crippen LogP contribution < -0.4 is 0 Å². The predicted molar refractivity (Wildman–Crippen MR) is 172 cm³/mol. The summed E-state index contributed by atoms with van der Waals surface area (Å²) in [5.74, 6) is 0.586. The number of hydrogen-bond acceptors (Lipinski definition) is 3. The summed E-state index contributed by atoms with van der Waals surface area (Å²) in [6.45, 7) is 0. The molecule has 0 amide bonds. The molecule has 4 heteroatoms. The highest BCUT2D eigenvalue weighted by molar-refractivity contribution is 6.14. The minimum Gasteiger partial charge on any atom is -0.437 e. The number of benzene rings is 6. The van der Waals surface area contributed by atoms with Crippen molar-refractivity contribution in [3.63, 3.8) is 0 Å². The van der Waals surface area contributed by atoms with E-state index in [1.165, 1.54) is 21.5 Å². The second kappa shape index (κ2) is 8.88. The molecule has 4 nitrogen and oxygen atoms in total. The zero-order valence-corrected chi connectivity index (χ0v) is 22.5. The van der Waals surface area contributed by atoms with Crippen molar-refractivity contribution in [1.29, 1.82) is 0 Å². The second-order valence-corrected chi connectivity index (χ2v) is 10.7. The fraction of sp³-hybridized carbons (Fsp3) is 0. The second-order valence-electron chi connectivity index (χ2n) is 10.7. The molecule has 0 atom stereocenters. The van der Waals surface area contributed by atoms with E-state index < -0.39 is 0 Å². The van der Waals surface area contributed by atoms with Gasteiger partial charge >= 0.3 is 0 Å². The largest absolute Gasteiger partial charge is 0.437 e. The number of nitrogens with zero attached hydrogens (tertiary/aromatic N) is 3. The van der Waals surface area contributed by atoms with Crippen LogP contribution in [0.5, 0.6) is 0 Å². The number of aromatic nitrogens is 3. The molecular formula is C38H23N3O. The maximum atomic E-state index is 6.40. The van der Waals surface area contributed by atoms with E-state index in [0.29, 0.717) is 11.7 Å². The lowest BCUT2D eigenvalue weighted by molar-refractivity contribution is 0.651. The molecule has 0 bridgehead atoms. The summed E-state index contributed by atoms with van der Waals surface area (Å²) < 4.78 is 8.57. The average Bonchev–Trinajstić information content (AvgIpc) is 3.59. The minimum absolute atomic E-state index is 0.577. The Balaban J connectivity index is 1.39. The van der Waals surface area contributed by atoms with Crippen LogP contribution in [0, 0.1) is 0 Å². The number of fused-ring (bicyclic) bond motifs is 7. The molecule has 0 spiro atoms. The van der Waals surface area contributed by atoms with Gasteiger partial charge in [0, 0.05) is 21.7 Å². The average molecular weight is 538 g/mol. The van der Waals surface area contributed by atoms with E-state index in [1.54, 1.807) is 0 Å². The Hall–Kier alpha value is -5.74. The van der Waals surface area contributed by atoms with Crippen LogP contribution in [0.4, 0.5) is 0 Å². The van der Waals surface area contributed by atoms with Crippen molar-refractivity contribution in [2.45, 2.75) is 0 Å². The van der Waals surface area contributed by atoms with Gasteiger partial charge in [-0.15, -0.1) is 0 Å². The normalized spacial score (nSPS) is 11.8. The van der Waals surface area contributed by atoms with Gasteiger partial charge in [0.25, 0.3) is 0 Å². The molecule has 0 aliphatic rings. The van der Waals surface area contributed by atoms with E-state index in [4.69, 9.17) is 14.4 Å². The molecule has 0 saturated heterocycles. The molecule has 0 N–H and O–H groups in total. The van der Waals surface area contributed by atoms with Crippen molar-refractivity contribution in [2.75, 3.05) is 0 Å². The smallest absolute Gasteiger partial charge is 0.238 e. The van der Waals surface area contributed by atoms with Crippen molar-refractivity contribution in [3.8, 4) is 28.3 Å². The summed E-state index contributed by atoms with van der Waals surface area (Å²) in [5.41, 5.74) is 7.67. The van der Waals surface area contributed by atoms with Crippen molar-refractivity contribution >= 4 is 54.6 Å². The van der Waals surface area contributed by atoms with Gasteiger partial charge in [-0.25, -0.2) is 4.98 Å². The summed E-state index contributed by atoms with van der Waals surface area (Å²) in [6.07, 6.45) is 0. The van der Waals surface area contributed by atoms with Gasteiger partial charge in [-0.05, 0) is 52.2 Å². The Labute approximate surface area is 241 Å². The number of para-hydroxylation sites is 2. The highest BCUT2D eigenvalue weighted by Crippen LogP contribution is 2.39. The minimum atomic E-state index is 0.577. The molecule has 0 aliphatic heterocycles. The molecule has 0 radical (unpaired) electrons. The van der Waals surface area contributed by atoms with E-state index in [0.717, 1.165) is 49.8 Å². The van der Waals surface area contributed by atoms with Crippen molar-refractivity contribution in [1.82, 2.24) is 14.5 Å². The number of furan rings is 1. The lowest BCUT2D eigenvalue weighted by Gasteiger charge is -2.11. The number of hydrogen-bond donors (Lipinski definition) is 0. The van der Waals surface area contributed by atoms with Gasteiger partial charge in [-0.3, -0.25) is 4.57 Å². The standard InChI is InChI=1S/C38H23N3O/c1-2-11-24(12-3-1)25-15-10-16-28(21-25)36-35-30-18-7-9-20-34(30)42-37(35)40-38(39-36)41-32-19-8-6-17-29(32)31-22-26-13-4-5-14-27(26)23-33(31)41/h1-23H. The lowest BCUT2D eigenvalue weighted by atomic mass is 10.00. The van der Waals surface area contributed by atoms with E-state index >= 15 is 0 Å². The molecule has 196 valence electrons. The zero-order chi connectivity index (χ0) is 27.6. The number of rotatable bonds is 3. The van der Waals surface area contributed by atoms with E-state index in [-0.39, 0.29) is 0 Å². The van der Waals surface area contributed by atoms with Crippen molar-refractivity contribution in [3.05, 3.63) is 140 Å². The van der Waals surface area contributed by atoms with Crippen LogP contribution in [0.25, 0.3) is 83.0 Å². The van der Waals surface area contributed by atoms with Crippen LogP contribution in [0.2, 0.25) is 0 Å². The summed E-state index contributed by atoms with van der Waals surface area (Å²) in [6, 6.07) is 48.6. The van der Waals surface area contributed by atoms with Gasteiger partial charge < -0.3 is 4.42 Å². The molecule has 9 rings (SSSR count). The molecule has 3 heterocycles. The highest BCUT2D eigenvalue weighted by Gasteiger charge is 2.21. The third kappa shape index (κ3) is 3.42. The monoisotopic (exact) mass is 537 g/mol. The van der Waals surface area contributed by atoms with Crippen molar-refractivity contribution in [2.24, 2.45) is 0 Å². The van der Waals surface area contributed by atoms with Crippen LogP contribution >= 0.6 is 0 Å². The maximum Gasteiger partial charge on any atom is 0.238 e. The Morgan fingerprint density at radius 2 is 1.17 bits per heavy atom. The molecule has 0 fully saturated rings. The topological polar surface area (TPSA) is 43.9 Å². The van der Waals surface area contributed by atoms with Gasteiger partial charge in [0.2, 0.25) is 11.7 Å².